The van der Waals surface area contributed by atoms with Gasteiger partial charge in [0, 0.05) is 11.1 Å². The van der Waals surface area contributed by atoms with E-state index in [-0.39, 0.29) is 5.56 Å². The maximum Gasteiger partial charge on any atom is 0.354 e. The first-order chi connectivity index (χ1) is 6.43. The van der Waals surface area contributed by atoms with Gasteiger partial charge in [-0.15, -0.1) is 0 Å². The number of aromatic carboxylic acids is 1. The normalized spacial score (nSPS) is 10.6. The highest BCUT2D eigenvalue weighted by Crippen LogP contribution is 2.24. The number of halogens is 3. The molecule has 0 radical (unpaired) electrons. The van der Waals surface area contributed by atoms with Crippen LogP contribution in [0.2, 0.25) is 0 Å². The summed E-state index contributed by atoms with van der Waals surface area (Å²) in [5.74, 6) is -2.72. The Morgan fingerprint density at radius 3 is 2.57 bits per heavy atom. The number of rotatable bonds is 2. The summed E-state index contributed by atoms with van der Waals surface area (Å²) < 4.78 is 37.4. The number of carboxylic acids is 1. The highest BCUT2D eigenvalue weighted by Gasteiger charge is 2.18. The summed E-state index contributed by atoms with van der Waals surface area (Å²) >= 11 is 0. The van der Waals surface area contributed by atoms with Crippen LogP contribution in [0.25, 0.3) is 0 Å². The van der Waals surface area contributed by atoms with Crippen LogP contribution in [0.3, 0.4) is 0 Å². The smallest absolute Gasteiger partial charge is 0.354 e. The van der Waals surface area contributed by atoms with Crippen molar-refractivity contribution in [2.45, 2.75) is 13.3 Å². The Hall–Kier alpha value is -1.59. The first-order valence-corrected chi connectivity index (χ1v) is 3.62. The van der Waals surface area contributed by atoms with Crippen molar-refractivity contribution < 1.29 is 23.1 Å². The van der Waals surface area contributed by atoms with E-state index < -0.39 is 29.6 Å². The van der Waals surface area contributed by atoms with E-state index >= 15 is 0 Å². The van der Waals surface area contributed by atoms with Crippen LogP contribution in [-0.4, -0.2) is 16.1 Å². The van der Waals surface area contributed by atoms with E-state index in [2.05, 4.69) is 4.98 Å². The first-order valence-electron chi connectivity index (χ1n) is 3.62. The fourth-order valence-electron chi connectivity index (χ4n) is 0.933. The number of hydrogen-bond acceptors (Lipinski definition) is 2. The molecule has 0 atom stereocenters. The predicted octanol–water partition coefficient (Wildman–Crippen LogP) is 2.16. The van der Waals surface area contributed by atoms with Gasteiger partial charge in [0.05, 0.1) is 0 Å². The van der Waals surface area contributed by atoms with Crippen LogP contribution >= 0.6 is 0 Å². The lowest BCUT2D eigenvalue weighted by atomic mass is 10.1. The molecule has 0 aliphatic carbocycles. The molecule has 0 saturated carbocycles. The molecule has 1 aromatic heterocycles. The van der Waals surface area contributed by atoms with Crippen molar-refractivity contribution >= 4 is 5.97 Å². The highest BCUT2D eigenvalue weighted by atomic mass is 19.3. The van der Waals surface area contributed by atoms with E-state index in [0.29, 0.717) is 6.07 Å². The minimum Gasteiger partial charge on any atom is -0.477 e. The van der Waals surface area contributed by atoms with Crippen LogP contribution in [0, 0.1) is 12.9 Å². The van der Waals surface area contributed by atoms with Gasteiger partial charge in [-0.05, 0) is 13.0 Å². The molecule has 3 nitrogen and oxygen atoms in total. The van der Waals surface area contributed by atoms with Crippen molar-refractivity contribution in [2.24, 2.45) is 0 Å². The maximum absolute atomic E-state index is 12.9. The third kappa shape index (κ3) is 1.84. The molecule has 1 rings (SSSR count). The summed E-state index contributed by atoms with van der Waals surface area (Å²) in [6.07, 6.45) is -2.91. The molecule has 0 aliphatic rings. The molecule has 0 fully saturated rings. The van der Waals surface area contributed by atoms with Crippen LogP contribution in [0.4, 0.5) is 13.2 Å². The zero-order chi connectivity index (χ0) is 10.9. The SMILES string of the molecule is Cc1c(C(F)F)cc(C(=O)O)nc1F. The molecular formula is C8H6F3NO2. The molecule has 0 bridgehead atoms. The molecular weight excluding hydrogens is 199 g/mol. The predicted molar refractivity (Wildman–Crippen MR) is 40.8 cm³/mol. The molecule has 0 amide bonds. The van der Waals surface area contributed by atoms with Gasteiger partial charge in [-0.1, -0.05) is 0 Å². The Kier molecular flexibility index (Phi) is 2.73. The highest BCUT2D eigenvalue weighted by molar-refractivity contribution is 5.85. The molecule has 6 heteroatoms. The second-order valence-electron chi connectivity index (χ2n) is 2.62. The summed E-state index contributed by atoms with van der Waals surface area (Å²) in [7, 11) is 0. The average Bonchev–Trinajstić information content (AvgIpc) is 2.08. The third-order valence-electron chi connectivity index (χ3n) is 1.71. The van der Waals surface area contributed by atoms with Gasteiger partial charge < -0.3 is 5.11 Å². The van der Waals surface area contributed by atoms with E-state index in [0.717, 1.165) is 6.92 Å². The van der Waals surface area contributed by atoms with Crippen LogP contribution in [0.1, 0.15) is 28.0 Å². The van der Waals surface area contributed by atoms with Crippen LogP contribution in [0.15, 0.2) is 6.07 Å². The van der Waals surface area contributed by atoms with Gasteiger partial charge in [0.1, 0.15) is 0 Å². The summed E-state index contributed by atoms with van der Waals surface area (Å²) in [6.45, 7) is 1.12. The van der Waals surface area contributed by atoms with Gasteiger partial charge in [0.2, 0.25) is 5.95 Å². The lowest BCUT2D eigenvalue weighted by Gasteiger charge is -2.05. The van der Waals surface area contributed by atoms with Gasteiger partial charge >= 0.3 is 5.97 Å². The Labute approximate surface area is 77.2 Å². The Morgan fingerprint density at radius 2 is 2.14 bits per heavy atom. The van der Waals surface area contributed by atoms with Crippen molar-refractivity contribution in [3.8, 4) is 0 Å². The number of carbonyl (C=O) groups is 1. The Balaban J connectivity index is 3.35. The molecule has 1 N–H and O–H groups in total. The zero-order valence-corrected chi connectivity index (χ0v) is 7.09. The number of alkyl halides is 2. The quantitative estimate of drug-likeness (QED) is 0.752. The van der Waals surface area contributed by atoms with Gasteiger partial charge in [0.15, 0.2) is 5.69 Å². The molecule has 1 aromatic rings. The topological polar surface area (TPSA) is 50.2 Å². The number of nitrogens with zero attached hydrogens (tertiary/aromatic N) is 1. The Morgan fingerprint density at radius 1 is 1.57 bits per heavy atom. The van der Waals surface area contributed by atoms with Gasteiger partial charge in [-0.25, -0.2) is 18.6 Å². The second kappa shape index (κ2) is 3.65. The van der Waals surface area contributed by atoms with E-state index in [9.17, 15) is 18.0 Å². The number of carboxylic acid groups (broad SMARTS) is 1. The molecule has 0 unspecified atom stereocenters. The number of pyridine rings is 1. The minimum absolute atomic E-state index is 0.329. The van der Waals surface area contributed by atoms with Gasteiger partial charge in [0.25, 0.3) is 6.43 Å². The zero-order valence-electron chi connectivity index (χ0n) is 7.09. The molecule has 0 aromatic carbocycles. The molecule has 0 aliphatic heterocycles. The van der Waals surface area contributed by atoms with Gasteiger partial charge in [-0.3, -0.25) is 0 Å². The van der Waals surface area contributed by atoms with Crippen molar-refractivity contribution in [1.29, 1.82) is 0 Å². The number of aromatic nitrogens is 1. The van der Waals surface area contributed by atoms with Gasteiger partial charge in [-0.2, -0.15) is 4.39 Å². The maximum atomic E-state index is 12.9. The third-order valence-corrected chi connectivity index (χ3v) is 1.71. The minimum atomic E-state index is -2.91. The summed E-state index contributed by atoms with van der Waals surface area (Å²) in [4.78, 5) is 13.4. The summed E-state index contributed by atoms with van der Waals surface area (Å²) in [6, 6.07) is 0.672. The van der Waals surface area contributed by atoms with Crippen LogP contribution in [-0.2, 0) is 0 Å². The van der Waals surface area contributed by atoms with Crippen LogP contribution in [0.5, 0.6) is 0 Å². The van der Waals surface area contributed by atoms with E-state index in [1.807, 2.05) is 0 Å². The number of hydrogen-bond donors (Lipinski definition) is 1. The Bertz CT molecular complexity index is 379. The largest absolute Gasteiger partial charge is 0.477 e. The molecule has 0 spiro atoms. The lowest BCUT2D eigenvalue weighted by molar-refractivity contribution is 0.0688. The molecule has 76 valence electrons. The van der Waals surface area contributed by atoms with Crippen molar-refractivity contribution in [3.63, 3.8) is 0 Å². The fraction of sp³-hybridized carbons (Fsp3) is 0.250. The monoisotopic (exact) mass is 205 g/mol. The fourth-order valence-corrected chi connectivity index (χ4v) is 0.933. The standard InChI is InChI=1S/C8H6F3NO2/c1-3-4(6(9)10)2-5(8(13)14)12-7(3)11/h2,6H,1H3,(H,13,14). The summed E-state index contributed by atoms with van der Waals surface area (Å²) in [5.41, 5.74) is -1.69. The molecule has 14 heavy (non-hydrogen) atoms. The van der Waals surface area contributed by atoms with E-state index in [1.165, 1.54) is 0 Å². The van der Waals surface area contributed by atoms with E-state index in [4.69, 9.17) is 5.11 Å². The second-order valence-corrected chi connectivity index (χ2v) is 2.62. The summed E-state index contributed by atoms with van der Waals surface area (Å²) in [5, 5.41) is 8.43. The van der Waals surface area contributed by atoms with Crippen LogP contribution < -0.4 is 0 Å². The molecule has 0 saturated heterocycles. The van der Waals surface area contributed by atoms with Crippen molar-refractivity contribution in [2.75, 3.05) is 0 Å². The van der Waals surface area contributed by atoms with Crippen molar-refractivity contribution in [1.82, 2.24) is 4.98 Å². The van der Waals surface area contributed by atoms with E-state index in [1.54, 1.807) is 0 Å². The first kappa shape index (κ1) is 10.5. The lowest BCUT2D eigenvalue weighted by Crippen LogP contribution is -2.06. The average molecular weight is 205 g/mol. The molecule has 1 heterocycles. The van der Waals surface area contributed by atoms with Crippen molar-refractivity contribution in [3.05, 3.63) is 28.8 Å².